The van der Waals surface area contributed by atoms with Gasteiger partial charge in [0, 0.05) is 22.1 Å². The topological polar surface area (TPSA) is 16.4 Å². The predicted octanol–water partition coefficient (Wildman–Crippen LogP) is 17.7. The molecule has 0 spiro atoms. The molecule has 0 fully saturated rings. The molecule has 11 aromatic carbocycles. The Kier molecular flexibility index (Phi) is 9.20. The van der Waals surface area contributed by atoms with E-state index in [2.05, 4.69) is 254 Å². The molecule has 0 saturated carbocycles. The third-order valence-electron chi connectivity index (χ3n) is 12.7. The summed E-state index contributed by atoms with van der Waals surface area (Å²) in [6, 6.07) is 89.4. The zero-order valence-corrected chi connectivity index (χ0v) is 35.0. The molecule has 2 nitrogen and oxygen atoms in total. The summed E-state index contributed by atoms with van der Waals surface area (Å²) in [7, 11) is 0. The Morgan fingerprint density at radius 2 is 0.781 bits per heavy atom. The van der Waals surface area contributed by atoms with Gasteiger partial charge in [-0.05, 0) is 126 Å². The summed E-state index contributed by atoms with van der Waals surface area (Å²) >= 11 is 0. The lowest BCUT2D eigenvalue weighted by Crippen LogP contribution is -2.10. The van der Waals surface area contributed by atoms with E-state index in [0.717, 1.165) is 61.3 Å². The van der Waals surface area contributed by atoms with Crippen LogP contribution in [-0.4, -0.2) is 0 Å². The second-order valence-corrected chi connectivity index (χ2v) is 16.4. The molecule has 1 heterocycles. The Bertz CT molecular complexity index is 3640. The van der Waals surface area contributed by atoms with Gasteiger partial charge in [-0.1, -0.05) is 200 Å². The number of furan rings is 1. The van der Waals surface area contributed by atoms with E-state index >= 15 is 0 Å². The molecule has 0 atom stereocenters. The number of anilines is 3. The molecule has 0 aliphatic rings. The summed E-state index contributed by atoms with van der Waals surface area (Å²) in [6.45, 7) is 0. The van der Waals surface area contributed by atoms with Gasteiger partial charge in [0.1, 0.15) is 5.58 Å². The van der Waals surface area contributed by atoms with Crippen molar-refractivity contribution in [1.82, 2.24) is 0 Å². The molecule has 0 radical (unpaired) electrons. The first-order valence-electron chi connectivity index (χ1n) is 21.9. The highest BCUT2D eigenvalue weighted by Gasteiger charge is 2.22. The average molecular weight is 816 g/mol. The molecular weight excluding hydrogens is 775 g/mol. The standard InChI is InChI=1S/C62H41NO/c1-3-16-43(17-4-1)51-23-9-10-24-52(51)45-34-38-50(39-35-45)63(59-30-14-29-57-61-54(44-18-5-2-6-19-44)28-15-31-60(61)64-62(57)59)49-36-32-42(33-37-49)46-21-13-22-47(40-46)58-41-48-20-7-8-25-53(48)55-26-11-12-27-56(55)58/h1-41H. The number of nitrogens with zero attached hydrogens (tertiary/aromatic N) is 1. The van der Waals surface area contributed by atoms with Gasteiger partial charge in [-0.3, -0.25) is 0 Å². The summed E-state index contributed by atoms with van der Waals surface area (Å²) in [5.41, 5.74) is 16.6. The van der Waals surface area contributed by atoms with Crippen LogP contribution in [0.25, 0.3) is 99.1 Å². The molecule has 0 saturated heterocycles. The number of hydrogen-bond acceptors (Lipinski definition) is 2. The maximum absolute atomic E-state index is 6.89. The average Bonchev–Trinajstić information content (AvgIpc) is 3.77. The van der Waals surface area contributed by atoms with Crippen molar-refractivity contribution in [1.29, 1.82) is 0 Å². The minimum atomic E-state index is 0.846. The van der Waals surface area contributed by atoms with Gasteiger partial charge in [0.2, 0.25) is 0 Å². The predicted molar refractivity (Wildman–Crippen MR) is 271 cm³/mol. The smallest absolute Gasteiger partial charge is 0.159 e. The number of hydrogen-bond donors (Lipinski definition) is 0. The Hall–Kier alpha value is -8.46. The van der Waals surface area contributed by atoms with E-state index in [4.69, 9.17) is 4.42 Å². The first kappa shape index (κ1) is 37.3. The largest absolute Gasteiger partial charge is 0.454 e. The zero-order valence-electron chi connectivity index (χ0n) is 35.0. The second-order valence-electron chi connectivity index (χ2n) is 16.4. The van der Waals surface area contributed by atoms with Crippen LogP contribution in [0.4, 0.5) is 17.1 Å². The van der Waals surface area contributed by atoms with Crippen LogP contribution in [0.1, 0.15) is 0 Å². The Balaban J connectivity index is 0.980. The monoisotopic (exact) mass is 815 g/mol. The van der Waals surface area contributed by atoms with E-state index in [1.165, 1.54) is 54.9 Å². The number of para-hydroxylation sites is 1. The molecular formula is C62H41NO. The lowest BCUT2D eigenvalue weighted by molar-refractivity contribution is 0.669. The third-order valence-corrected chi connectivity index (χ3v) is 12.7. The van der Waals surface area contributed by atoms with Crippen LogP contribution in [0.2, 0.25) is 0 Å². The number of fused-ring (bicyclic) bond motifs is 6. The first-order valence-corrected chi connectivity index (χ1v) is 21.9. The van der Waals surface area contributed by atoms with Gasteiger partial charge in [0.25, 0.3) is 0 Å². The lowest BCUT2D eigenvalue weighted by atomic mass is 9.92. The maximum atomic E-state index is 6.89. The second kappa shape index (κ2) is 15.8. The van der Waals surface area contributed by atoms with E-state index < -0.39 is 0 Å². The van der Waals surface area contributed by atoms with Crippen molar-refractivity contribution in [3.63, 3.8) is 0 Å². The van der Waals surface area contributed by atoms with Gasteiger partial charge in [-0.15, -0.1) is 0 Å². The zero-order chi connectivity index (χ0) is 42.4. The molecule has 64 heavy (non-hydrogen) atoms. The molecule has 12 rings (SSSR count). The molecule has 2 heteroatoms. The highest BCUT2D eigenvalue weighted by molar-refractivity contribution is 6.16. The highest BCUT2D eigenvalue weighted by Crippen LogP contribution is 2.46. The Morgan fingerprint density at radius 3 is 1.50 bits per heavy atom. The van der Waals surface area contributed by atoms with E-state index in [9.17, 15) is 0 Å². The van der Waals surface area contributed by atoms with E-state index in [1.807, 2.05) is 0 Å². The molecule has 0 N–H and O–H groups in total. The summed E-state index contributed by atoms with van der Waals surface area (Å²) in [4.78, 5) is 2.33. The van der Waals surface area contributed by atoms with Crippen molar-refractivity contribution in [2.24, 2.45) is 0 Å². The van der Waals surface area contributed by atoms with Crippen LogP contribution in [-0.2, 0) is 0 Å². The maximum Gasteiger partial charge on any atom is 0.159 e. The summed E-state index contributed by atoms with van der Waals surface area (Å²) in [6.07, 6.45) is 0. The fraction of sp³-hybridized carbons (Fsp3) is 0. The van der Waals surface area contributed by atoms with Gasteiger partial charge in [0.05, 0.1) is 5.69 Å². The van der Waals surface area contributed by atoms with Gasteiger partial charge in [0.15, 0.2) is 5.58 Å². The molecule has 0 amide bonds. The minimum Gasteiger partial charge on any atom is -0.454 e. The third kappa shape index (κ3) is 6.52. The van der Waals surface area contributed by atoms with Crippen LogP contribution in [0.3, 0.4) is 0 Å². The number of rotatable bonds is 8. The Labute approximate surface area is 372 Å². The summed E-state index contributed by atoms with van der Waals surface area (Å²) in [5, 5.41) is 7.26. The number of benzene rings is 11. The highest BCUT2D eigenvalue weighted by atomic mass is 16.3. The van der Waals surface area contributed by atoms with Crippen molar-refractivity contribution >= 4 is 60.5 Å². The van der Waals surface area contributed by atoms with Crippen LogP contribution in [0.15, 0.2) is 253 Å². The van der Waals surface area contributed by atoms with Crippen LogP contribution < -0.4 is 4.90 Å². The molecule has 12 aromatic rings. The van der Waals surface area contributed by atoms with Crippen molar-refractivity contribution < 1.29 is 4.42 Å². The molecule has 0 aliphatic heterocycles. The van der Waals surface area contributed by atoms with Crippen molar-refractivity contribution in [3.8, 4) is 55.6 Å². The van der Waals surface area contributed by atoms with Crippen molar-refractivity contribution in [3.05, 3.63) is 249 Å². The molecule has 1 aromatic heterocycles. The van der Waals surface area contributed by atoms with Crippen molar-refractivity contribution in [2.75, 3.05) is 4.90 Å². The van der Waals surface area contributed by atoms with E-state index in [0.29, 0.717) is 0 Å². The molecule has 0 aliphatic carbocycles. The minimum absolute atomic E-state index is 0.846. The van der Waals surface area contributed by atoms with Gasteiger partial charge < -0.3 is 9.32 Å². The summed E-state index contributed by atoms with van der Waals surface area (Å²) < 4.78 is 6.89. The van der Waals surface area contributed by atoms with Crippen LogP contribution in [0.5, 0.6) is 0 Å². The fourth-order valence-corrected chi connectivity index (χ4v) is 9.65. The molecule has 300 valence electrons. The first-order chi connectivity index (χ1) is 31.7. The van der Waals surface area contributed by atoms with Gasteiger partial charge in [-0.2, -0.15) is 0 Å². The fourth-order valence-electron chi connectivity index (χ4n) is 9.65. The quantitative estimate of drug-likeness (QED) is 0.142. The molecule has 0 bridgehead atoms. The molecule has 0 unspecified atom stereocenters. The van der Waals surface area contributed by atoms with Gasteiger partial charge in [-0.25, -0.2) is 0 Å². The normalized spacial score (nSPS) is 11.4. The van der Waals surface area contributed by atoms with E-state index in [-0.39, 0.29) is 0 Å². The van der Waals surface area contributed by atoms with Crippen LogP contribution >= 0.6 is 0 Å². The van der Waals surface area contributed by atoms with E-state index in [1.54, 1.807) is 0 Å². The van der Waals surface area contributed by atoms with Crippen LogP contribution in [0, 0.1) is 0 Å². The van der Waals surface area contributed by atoms with Gasteiger partial charge >= 0.3 is 0 Å². The lowest BCUT2D eigenvalue weighted by Gasteiger charge is -2.26. The van der Waals surface area contributed by atoms with Crippen molar-refractivity contribution in [2.45, 2.75) is 0 Å². The summed E-state index contributed by atoms with van der Waals surface area (Å²) in [5.74, 6) is 0. The Morgan fingerprint density at radius 1 is 0.281 bits per heavy atom. The SMILES string of the molecule is c1ccc(-c2ccccc2-c2ccc(N(c3ccc(-c4cccc(-c5cc6ccccc6c6ccccc56)c4)cc3)c3cccc4c3oc3cccc(-c5ccccc5)c34)cc2)cc1.